The van der Waals surface area contributed by atoms with E-state index in [1.165, 1.54) is 18.3 Å². The number of hydrogen-bond donors (Lipinski definition) is 0. The van der Waals surface area contributed by atoms with E-state index in [2.05, 4.69) is 16.8 Å². The third-order valence-electron chi connectivity index (χ3n) is 5.68. The molecule has 3 heterocycles. The van der Waals surface area contributed by atoms with Gasteiger partial charge in [0.25, 0.3) is 0 Å². The molecule has 0 fully saturated rings. The van der Waals surface area contributed by atoms with Crippen LogP contribution in [0, 0.1) is 34.6 Å². The molecular weight excluding hydrogens is 440 g/mol. The number of imidazole rings is 1. The van der Waals surface area contributed by atoms with Crippen molar-refractivity contribution in [1.29, 1.82) is 0 Å². The first kappa shape index (κ1) is 22.3. The van der Waals surface area contributed by atoms with Crippen LogP contribution in [-0.2, 0) is 19.5 Å². The second kappa shape index (κ2) is 8.91. The van der Waals surface area contributed by atoms with Crippen LogP contribution in [0.3, 0.4) is 0 Å². The lowest BCUT2D eigenvalue weighted by Gasteiger charge is -2.31. The Morgan fingerprint density at radius 3 is 2.69 bits per heavy atom. The zero-order chi connectivity index (χ0) is 23.0. The van der Waals surface area contributed by atoms with Gasteiger partial charge in [0.15, 0.2) is 11.6 Å². The molecule has 1 aliphatic rings. The summed E-state index contributed by atoms with van der Waals surface area (Å²) in [4.78, 5) is 21.1. The summed E-state index contributed by atoms with van der Waals surface area (Å²) < 4.78 is 28.5. The van der Waals surface area contributed by atoms with Crippen LogP contribution in [0.15, 0.2) is 30.5 Å². The Bertz CT molecular complexity index is 1180. The molecule has 1 unspecified atom stereocenters. The Balaban J connectivity index is 1.45. The van der Waals surface area contributed by atoms with Gasteiger partial charge in [0.1, 0.15) is 6.20 Å². The Morgan fingerprint density at radius 2 is 2.00 bits per heavy atom. The minimum absolute atomic E-state index is 0.109. The molecule has 32 heavy (non-hydrogen) atoms. The van der Waals surface area contributed by atoms with Crippen molar-refractivity contribution in [3.05, 3.63) is 74.3 Å². The molecule has 0 saturated heterocycles. The van der Waals surface area contributed by atoms with E-state index in [1.807, 2.05) is 13.0 Å². The number of nitrogens with zero attached hydrogens (tertiary/aromatic N) is 5. The predicted molar refractivity (Wildman–Crippen MR) is 116 cm³/mol. The molecule has 0 aliphatic carbocycles. The fourth-order valence-corrected chi connectivity index (χ4v) is 4.35. The number of halogens is 3. The van der Waals surface area contributed by atoms with Gasteiger partial charge in [0.05, 0.1) is 5.69 Å². The normalized spacial score (nSPS) is 14.9. The number of benzene rings is 1. The Morgan fingerprint density at radius 1 is 1.22 bits per heavy atom. The zero-order valence-electron chi connectivity index (χ0n) is 17.7. The number of pyridine rings is 1. The van der Waals surface area contributed by atoms with E-state index < -0.39 is 16.6 Å². The molecule has 0 N–H and O–H groups in total. The lowest BCUT2D eigenvalue weighted by Crippen LogP contribution is -2.35. The summed E-state index contributed by atoms with van der Waals surface area (Å²) in [7, 11) is 0. The van der Waals surface area contributed by atoms with E-state index >= 15 is 0 Å². The standard InChI is InChI=1S/C22H22ClF2N5O2/c1-13(10-29-12-21(30(31)32)27-22(29)23)9-28-6-5-19-16(11-28)14(2)7-20(26-19)15-3-4-17(24)18(25)8-15/h3-4,7-8,12-13H,5-6,9-11H2,1-2H3. The lowest BCUT2D eigenvalue weighted by molar-refractivity contribution is -0.389. The van der Waals surface area contributed by atoms with Gasteiger partial charge in [-0.1, -0.05) is 6.92 Å². The molecule has 7 nitrogen and oxygen atoms in total. The van der Waals surface area contributed by atoms with E-state index in [1.54, 1.807) is 4.57 Å². The molecule has 0 bridgehead atoms. The molecule has 4 rings (SSSR count). The summed E-state index contributed by atoms with van der Waals surface area (Å²) in [5.41, 5.74) is 4.36. The number of aryl methyl sites for hydroxylation is 1. The van der Waals surface area contributed by atoms with E-state index in [-0.39, 0.29) is 17.0 Å². The van der Waals surface area contributed by atoms with Crippen LogP contribution < -0.4 is 0 Å². The second-order valence-electron chi connectivity index (χ2n) is 8.25. The van der Waals surface area contributed by atoms with Gasteiger partial charge in [-0.15, -0.1) is 0 Å². The van der Waals surface area contributed by atoms with Crippen LogP contribution in [0.4, 0.5) is 14.6 Å². The summed E-state index contributed by atoms with van der Waals surface area (Å²) in [6.07, 6.45) is 2.11. The number of nitro groups is 1. The topological polar surface area (TPSA) is 77.1 Å². The molecule has 168 valence electrons. The Kier molecular flexibility index (Phi) is 6.21. The Labute approximate surface area is 188 Å². The third kappa shape index (κ3) is 4.63. The molecule has 10 heteroatoms. The first-order chi connectivity index (χ1) is 15.2. The largest absolute Gasteiger partial charge is 0.383 e. The van der Waals surface area contributed by atoms with Crippen molar-refractivity contribution in [3.63, 3.8) is 0 Å². The maximum atomic E-state index is 13.6. The van der Waals surface area contributed by atoms with Crippen molar-refractivity contribution >= 4 is 17.4 Å². The van der Waals surface area contributed by atoms with Crippen LogP contribution in [0.2, 0.25) is 5.28 Å². The van der Waals surface area contributed by atoms with Crippen LogP contribution in [-0.4, -0.2) is 37.4 Å². The number of fused-ring (bicyclic) bond motifs is 1. The molecule has 0 radical (unpaired) electrons. The predicted octanol–water partition coefficient (Wildman–Crippen LogP) is 4.79. The highest BCUT2D eigenvalue weighted by Gasteiger charge is 2.23. The van der Waals surface area contributed by atoms with Crippen molar-refractivity contribution in [2.75, 3.05) is 13.1 Å². The smallest absolute Gasteiger partial charge is 0.358 e. The molecule has 0 saturated carbocycles. The summed E-state index contributed by atoms with van der Waals surface area (Å²) in [6, 6.07) is 5.73. The van der Waals surface area contributed by atoms with Crippen molar-refractivity contribution in [2.24, 2.45) is 5.92 Å². The van der Waals surface area contributed by atoms with Crippen LogP contribution in [0.25, 0.3) is 11.3 Å². The van der Waals surface area contributed by atoms with Crippen LogP contribution in [0.5, 0.6) is 0 Å². The van der Waals surface area contributed by atoms with Gasteiger partial charge in [-0.25, -0.2) is 8.78 Å². The van der Waals surface area contributed by atoms with E-state index in [4.69, 9.17) is 16.6 Å². The van der Waals surface area contributed by atoms with Crippen LogP contribution >= 0.6 is 11.6 Å². The Hall–Kier alpha value is -2.91. The van der Waals surface area contributed by atoms with Crippen molar-refractivity contribution in [3.8, 4) is 11.3 Å². The summed E-state index contributed by atoms with van der Waals surface area (Å²) in [5, 5.41) is 11.0. The van der Waals surface area contributed by atoms with E-state index in [9.17, 15) is 18.9 Å². The number of rotatable bonds is 6. The molecule has 0 spiro atoms. The maximum absolute atomic E-state index is 13.6. The molecule has 1 atom stereocenters. The SMILES string of the molecule is Cc1cc(-c2ccc(F)c(F)c2)nc2c1CN(CC(C)Cn1cc([N+](=O)[O-])nc1Cl)CC2. The van der Waals surface area contributed by atoms with Gasteiger partial charge < -0.3 is 10.1 Å². The van der Waals surface area contributed by atoms with Gasteiger partial charge >= 0.3 is 11.1 Å². The highest BCUT2D eigenvalue weighted by Crippen LogP contribution is 2.28. The van der Waals surface area contributed by atoms with Gasteiger partial charge in [0, 0.05) is 43.9 Å². The van der Waals surface area contributed by atoms with Crippen LogP contribution in [0.1, 0.15) is 23.7 Å². The third-order valence-corrected chi connectivity index (χ3v) is 5.98. The summed E-state index contributed by atoms with van der Waals surface area (Å²) in [5.74, 6) is -1.83. The summed E-state index contributed by atoms with van der Waals surface area (Å²) >= 11 is 6.03. The summed E-state index contributed by atoms with van der Waals surface area (Å²) in [6.45, 7) is 6.91. The molecular formula is C22H22ClF2N5O2. The fourth-order valence-electron chi connectivity index (χ4n) is 4.14. The average molecular weight is 462 g/mol. The van der Waals surface area contributed by atoms with E-state index in [0.29, 0.717) is 17.8 Å². The quantitative estimate of drug-likeness (QED) is 0.389. The highest BCUT2D eigenvalue weighted by atomic mass is 35.5. The lowest BCUT2D eigenvalue weighted by atomic mass is 9.97. The first-order valence-electron chi connectivity index (χ1n) is 10.3. The average Bonchev–Trinajstić information content (AvgIpc) is 3.11. The highest BCUT2D eigenvalue weighted by molar-refractivity contribution is 6.28. The number of hydrogen-bond acceptors (Lipinski definition) is 5. The zero-order valence-corrected chi connectivity index (χ0v) is 18.4. The fraction of sp³-hybridized carbons (Fsp3) is 0.364. The first-order valence-corrected chi connectivity index (χ1v) is 10.6. The van der Waals surface area contributed by atoms with Gasteiger partial charge in [0.2, 0.25) is 0 Å². The van der Waals surface area contributed by atoms with Crippen molar-refractivity contribution in [1.82, 2.24) is 19.4 Å². The maximum Gasteiger partial charge on any atom is 0.383 e. The van der Waals surface area contributed by atoms with E-state index in [0.717, 1.165) is 48.9 Å². The molecule has 1 aromatic carbocycles. The molecule has 2 aromatic heterocycles. The number of aromatic nitrogens is 3. The monoisotopic (exact) mass is 461 g/mol. The molecule has 3 aromatic rings. The van der Waals surface area contributed by atoms with Crippen molar-refractivity contribution in [2.45, 2.75) is 33.4 Å². The second-order valence-corrected chi connectivity index (χ2v) is 8.58. The molecule has 0 amide bonds. The minimum Gasteiger partial charge on any atom is -0.358 e. The van der Waals surface area contributed by atoms with Gasteiger partial charge in [-0.05, 0) is 69.7 Å². The minimum atomic E-state index is -0.886. The van der Waals surface area contributed by atoms with Gasteiger partial charge in [-0.2, -0.15) is 0 Å². The molecule has 1 aliphatic heterocycles. The van der Waals surface area contributed by atoms with Crippen molar-refractivity contribution < 1.29 is 13.7 Å². The van der Waals surface area contributed by atoms with Gasteiger partial charge in [-0.3, -0.25) is 14.5 Å².